The lowest BCUT2D eigenvalue weighted by Crippen LogP contribution is -2.52. The summed E-state index contributed by atoms with van der Waals surface area (Å²) in [5, 5.41) is 12.0. The number of hydrogen-bond donors (Lipinski definition) is 3. The van der Waals surface area contributed by atoms with Gasteiger partial charge in [-0.15, -0.1) is 0 Å². The summed E-state index contributed by atoms with van der Waals surface area (Å²) in [6.45, 7) is 4.20. The van der Waals surface area contributed by atoms with Gasteiger partial charge in [0, 0.05) is 12.6 Å². The van der Waals surface area contributed by atoms with Crippen LogP contribution in [0.2, 0.25) is 0 Å². The second-order valence-corrected chi connectivity index (χ2v) is 4.41. The van der Waals surface area contributed by atoms with Crippen LogP contribution in [0.5, 0.6) is 0 Å². The summed E-state index contributed by atoms with van der Waals surface area (Å²) in [6.07, 6.45) is 1.86. The zero-order valence-corrected chi connectivity index (χ0v) is 8.92. The Morgan fingerprint density at radius 2 is 2.21 bits per heavy atom. The molecule has 0 aromatic rings. The van der Waals surface area contributed by atoms with Crippen LogP contribution in [0, 0.1) is 5.41 Å². The third-order valence-electron chi connectivity index (χ3n) is 3.23. The molecule has 1 saturated carbocycles. The van der Waals surface area contributed by atoms with E-state index in [1.165, 1.54) is 0 Å². The topological polar surface area (TPSA) is 75.4 Å². The van der Waals surface area contributed by atoms with E-state index in [1.54, 1.807) is 0 Å². The average Bonchev–Trinajstić information content (AvgIpc) is 2.14. The van der Waals surface area contributed by atoms with Crippen LogP contribution < -0.4 is 11.1 Å². The van der Waals surface area contributed by atoms with Gasteiger partial charge < -0.3 is 16.2 Å². The Labute approximate surface area is 84.9 Å². The first-order valence-corrected chi connectivity index (χ1v) is 5.21. The van der Waals surface area contributed by atoms with Crippen LogP contribution in [0.4, 0.5) is 0 Å². The van der Waals surface area contributed by atoms with E-state index in [-0.39, 0.29) is 18.1 Å². The van der Waals surface area contributed by atoms with E-state index < -0.39 is 5.41 Å². The van der Waals surface area contributed by atoms with E-state index in [4.69, 9.17) is 10.8 Å². The van der Waals surface area contributed by atoms with Crippen LogP contribution >= 0.6 is 0 Å². The predicted molar refractivity (Wildman–Crippen MR) is 54.6 cm³/mol. The molecule has 0 radical (unpaired) electrons. The molecule has 0 aromatic heterocycles. The van der Waals surface area contributed by atoms with Gasteiger partial charge in [-0.2, -0.15) is 0 Å². The van der Waals surface area contributed by atoms with E-state index in [0.29, 0.717) is 19.4 Å². The number of hydrogen-bond acceptors (Lipinski definition) is 3. The highest BCUT2D eigenvalue weighted by Crippen LogP contribution is 2.24. The number of nitrogens with one attached hydrogen (secondary N) is 1. The number of carbonyl (C=O) groups excluding carboxylic acids is 1. The van der Waals surface area contributed by atoms with E-state index >= 15 is 0 Å². The van der Waals surface area contributed by atoms with E-state index in [0.717, 1.165) is 6.42 Å². The van der Waals surface area contributed by atoms with Crippen LogP contribution in [0.3, 0.4) is 0 Å². The molecular formula is C10H20N2O2. The molecule has 0 aromatic carbocycles. The maximum absolute atomic E-state index is 11.8. The molecule has 4 N–H and O–H groups in total. The molecule has 1 aliphatic rings. The Bertz CT molecular complexity index is 208. The quantitative estimate of drug-likeness (QED) is 0.598. The average molecular weight is 200 g/mol. The Morgan fingerprint density at radius 3 is 2.57 bits per heavy atom. The molecule has 0 saturated heterocycles. The van der Waals surface area contributed by atoms with Crippen molar-refractivity contribution in [2.45, 2.75) is 45.3 Å². The molecule has 1 fully saturated rings. The molecule has 14 heavy (non-hydrogen) atoms. The molecule has 1 aliphatic carbocycles. The van der Waals surface area contributed by atoms with Gasteiger partial charge in [0.25, 0.3) is 0 Å². The number of aliphatic hydroxyl groups is 1. The van der Waals surface area contributed by atoms with Gasteiger partial charge in [-0.1, -0.05) is 6.92 Å². The first-order valence-electron chi connectivity index (χ1n) is 5.21. The smallest absolute Gasteiger partial charge is 0.227 e. The number of nitrogens with two attached hydrogens (primary N) is 1. The fourth-order valence-electron chi connectivity index (χ4n) is 1.46. The fraction of sp³-hybridized carbons (Fsp3) is 0.900. The summed E-state index contributed by atoms with van der Waals surface area (Å²) in [4.78, 5) is 11.8. The van der Waals surface area contributed by atoms with Crippen molar-refractivity contribution in [2.75, 3.05) is 6.54 Å². The molecule has 0 heterocycles. The van der Waals surface area contributed by atoms with Crippen LogP contribution in [0.1, 0.15) is 33.1 Å². The van der Waals surface area contributed by atoms with E-state index in [9.17, 15) is 4.79 Å². The number of amides is 1. The lowest BCUT2D eigenvalue weighted by molar-refractivity contribution is -0.132. The van der Waals surface area contributed by atoms with Gasteiger partial charge in [0.15, 0.2) is 0 Å². The molecule has 0 aliphatic heterocycles. The van der Waals surface area contributed by atoms with Gasteiger partial charge in [-0.3, -0.25) is 4.79 Å². The molecule has 1 atom stereocenters. The van der Waals surface area contributed by atoms with Crippen molar-refractivity contribution in [3.8, 4) is 0 Å². The highest BCUT2D eigenvalue weighted by molar-refractivity contribution is 5.82. The van der Waals surface area contributed by atoms with E-state index in [2.05, 4.69) is 5.32 Å². The van der Waals surface area contributed by atoms with Crippen molar-refractivity contribution in [1.29, 1.82) is 0 Å². The maximum Gasteiger partial charge on any atom is 0.227 e. The number of aliphatic hydroxyl groups excluding tert-OH is 1. The van der Waals surface area contributed by atoms with E-state index in [1.807, 2.05) is 13.8 Å². The minimum absolute atomic E-state index is 0.0133. The lowest BCUT2D eigenvalue weighted by atomic mass is 9.84. The zero-order chi connectivity index (χ0) is 10.8. The molecule has 82 valence electrons. The minimum atomic E-state index is -0.458. The molecule has 4 nitrogen and oxygen atoms in total. The Kier molecular flexibility index (Phi) is 3.50. The van der Waals surface area contributed by atoms with Crippen molar-refractivity contribution in [2.24, 2.45) is 11.1 Å². The predicted octanol–water partition coefficient (Wildman–Crippen LogP) is 0.000900. The summed E-state index contributed by atoms with van der Waals surface area (Å²) in [7, 11) is 0. The molecule has 0 spiro atoms. The third-order valence-corrected chi connectivity index (χ3v) is 3.23. The molecule has 1 rings (SSSR count). The van der Waals surface area contributed by atoms with Crippen molar-refractivity contribution in [1.82, 2.24) is 5.32 Å². The first kappa shape index (κ1) is 11.5. The minimum Gasteiger partial charge on any atom is -0.393 e. The van der Waals surface area contributed by atoms with Crippen LogP contribution in [-0.2, 0) is 4.79 Å². The largest absolute Gasteiger partial charge is 0.393 e. The maximum atomic E-state index is 11.8. The van der Waals surface area contributed by atoms with Crippen molar-refractivity contribution < 1.29 is 9.90 Å². The Hall–Kier alpha value is -0.610. The SMILES string of the molecule is CCC(C)(CN)C(=O)NC1CC(O)C1. The summed E-state index contributed by atoms with van der Waals surface area (Å²) in [5.74, 6) is 0.0133. The summed E-state index contributed by atoms with van der Waals surface area (Å²) in [6, 6.07) is 0.148. The standard InChI is InChI=1S/C10H20N2O2/c1-3-10(2,6-11)9(14)12-7-4-8(13)5-7/h7-8,13H,3-6,11H2,1-2H3,(H,12,14). The lowest BCUT2D eigenvalue weighted by Gasteiger charge is -2.35. The van der Waals surface area contributed by atoms with Crippen molar-refractivity contribution in [3.05, 3.63) is 0 Å². The molecule has 0 bridgehead atoms. The highest BCUT2D eigenvalue weighted by Gasteiger charge is 2.35. The second kappa shape index (κ2) is 4.28. The Balaban J connectivity index is 2.40. The van der Waals surface area contributed by atoms with Gasteiger partial charge in [0.05, 0.1) is 11.5 Å². The molecule has 1 amide bonds. The van der Waals surface area contributed by atoms with Crippen LogP contribution in [0.25, 0.3) is 0 Å². The third kappa shape index (κ3) is 2.25. The fourth-order valence-corrected chi connectivity index (χ4v) is 1.46. The van der Waals surface area contributed by atoms with Gasteiger partial charge in [0.1, 0.15) is 0 Å². The summed E-state index contributed by atoms with van der Waals surface area (Å²) >= 11 is 0. The highest BCUT2D eigenvalue weighted by atomic mass is 16.3. The zero-order valence-electron chi connectivity index (χ0n) is 8.92. The Morgan fingerprint density at radius 1 is 1.64 bits per heavy atom. The second-order valence-electron chi connectivity index (χ2n) is 4.41. The molecule has 1 unspecified atom stereocenters. The van der Waals surface area contributed by atoms with Crippen molar-refractivity contribution in [3.63, 3.8) is 0 Å². The summed E-state index contributed by atoms with van der Waals surface area (Å²) in [5.41, 5.74) is 5.11. The van der Waals surface area contributed by atoms with Gasteiger partial charge >= 0.3 is 0 Å². The normalized spacial score (nSPS) is 30.3. The number of carbonyl (C=O) groups is 1. The van der Waals surface area contributed by atoms with Crippen molar-refractivity contribution >= 4 is 5.91 Å². The van der Waals surface area contributed by atoms with Gasteiger partial charge in [-0.05, 0) is 26.2 Å². The van der Waals surface area contributed by atoms with Crippen LogP contribution in [-0.4, -0.2) is 29.7 Å². The van der Waals surface area contributed by atoms with Gasteiger partial charge in [0.2, 0.25) is 5.91 Å². The monoisotopic (exact) mass is 200 g/mol. The summed E-state index contributed by atoms with van der Waals surface area (Å²) < 4.78 is 0. The van der Waals surface area contributed by atoms with Gasteiger partial charge in [-0.25, -0.2) is 0 Å². The molecular weight excluding hydrogens is 180 g/mol. The number of rotatable bonds is 4. The first-order chi connectivity index (χ1) is 6.51. The molecule has 4 heteroatoms. The van der Waals surface area contributed by atoms with Crippen LogP contribution in [0.15, 0.2) is 0 Å².